The van der Waals surface area contributed by atoms with Crippen molar-refractivity contribution in [2.45, 2.75) is 38.3 Å². The van der Waals surface area contributed by atoms with Gasteiger partial charge >= 0.3 is 0 Å². The quantitative estimate of drug-likeness (QED) is 0.746. The summed E-state index contributed by atoms with van der Waals surface area (Å²) in [6.07, 6.45) is 3.23. The van der Waals surface area contributed by atoms with E-state index in [9.17, 15) is 13.6 Å². The van der Waals surface area contributed by atoms with Crippen molar-refractivity contribution in [1.82, 2.24) is 4.90 Å². The van der Waals surface area contributed by atoms with Gasteiger partial charge in [0, 0.05) is 18.9 Å². The van der Waals surface area contributed by atoms with E-state index in [2.05, 4.69) is 5.16 Å². The van der Waals surface area contributed by atoms with E-state index in [1.807, 2.05) is 0 Å². The van der Waals surface area contributed by atoms with Crippen LogP contribution < -0.4 is 0 Å². The molecule has 146 valence electrons. The molecule has 1 atom stereocenters. The lowest BCUT2D eigenvalue weighted by molar-refractivity contribution is -0.140. The van der Waals surface area contributed by atoms with Crippen LogP contribution >= 0.6 is 0 Å². The normalized spacial score (nSPS) is 18.9. The molecule has 28 heavy (non-hydrogen) atoms. The molecule has 6 heteroatoms. The zero-order valence-electron chi connectivity index (χ0n) is 15.5. The third kappa shape index (κ3) is 4.21. The standard InChI is InChI=1S/C22H22F2N2O2/c23-18-8-4-15(5-9-18)13-26(22(27)17-2-1-3-17)14-20-12-21(25-28-20)16-6-10-19(24)11-7-16/h4-11,17,20H,1-3,12-14H2/t20-/m1/s1. The van der Waals surface area contributed by atoms with Gasteiger partial charge in [-0.1, -0.05) is 35.8 Å². The molecule has 1 saturated carbocycles. The molecule has 0 spiro atoms. The summed E-state index contributed by atoms with van der Waals surface area (Å²) >= 11 is 0. The average Bonchev–Trinajstić information content (AvgIpc) is 3.10. The molecule has 0 N–H and O–H groups in total. The van der Waals surface area contributed by atoms with Gasteiger partial charge in [0.15, 0.2) is 6.10 Å². The minimum atomic E-state index is -0.295. The number of hydrogen-bond donors (Lipinski definition) is 0. The first kappa shape index (κ1) is 18.6. The molecule has 1 heterocycles. The maximum absolute atomic E-state index is 13.2. The van der Waals surface area contributed by atoms with E-state index in [1.54, 1.807) is 29.2 Å². The van der Waals surface area contributed by atoms with E-state index in [0.717, 1.165) is 36.1 Å². The Bertz CT molecular complexity index is 861. The van der Waals surface area contributed by atoms with E-state index >= 15 is 0 Å². The highest BCUT2D eigenvalue weighted by atomic mass is 19.1. The molecular weight excluding hydrogens is 362 g/mol. The lowest BCUT2D eigenvalue weighted by atomic mass is 9.84. The van der Waals surface area contributed by atoms with Crippen molar-refractivity contribution in [2.24, 2.45) is 11.1 Å². The van der Waals surface area contributed by atoms with E-state index in [1.165, 1.54) is 24.3 Å². The molecule has 4 nitrogen and oxygen atoms in total. The zero-order valence-corrected chi connectivity index (χ0v) is 15.5. The molecule has 1 fully saturated rings. The SMILES string of the molecule is O=C(C1CCC1)N(Cc1ccc(F)cc1)C[C@H]1CC(c2ccc(F)cc2)=NO1. The predicted octanol–water partition coefficient (Wildman–Crippen LogP) is 4.29. The number of carbonyl (C=O) groups excluding carboxylic acids is 1. The second-order valence-electron chi connectivity index (χ2n) is 7.45. The third-order valence-corrected chi connectivity index (χ3v) is 5.39. The summed E-state index contributed by atoms with van der Waals surface area (Å²) in [5, 5.41) is 4.13. The van der Waals surface area contributed by atoms with Crippen LogP contribution in [0.5, 0.6) is 0 Å². The van der Waals surface area contributed by atoms with Gasteiger partial charge in [-0.05, 0) is 48.2 Å². The minimum Gasteiger partial charge on any atom is -0.390 e. The highest BCUT2D eigenvalue weighted by Crippen LogP contribution is 2.29. The Morgan fingerprint density at radius 1 is 1.04 bits per heavy atom. The summed E-state index contributed by atoms with van der Waals surface area (Å²) in [6, 6.07) is 12.4. The summed E-state index contributed by atoms with van der Waals surface area (Å²) in [7, 11) is 0. The molecule has 0 radical (unpaired) electrons. The van der Waals surface area contributed by atoms with E-state index in [-0.39, 0.29) is 29.6 Å². The van der Waals surface area contributed by atoms with Gasteiger partial charge in [-0.3, -0.25) is 4.79 Å². The van der Waals surface area contributed by atoms with Crippen LogP contribution in [0.25, 0.3) is 0 Å². The number of carbonyl (C=O) groups is 1. The monoisotopic (exact) mass is 384 g/mol. The molecule has 1 aliphatic heterocycles. The van der Waals surface area contributed by atoms with Crippen LogP contribution in [0, 0.1) is 17.6 Å². The van der Waals surface area contributed by atoms with Crippen LogP contribution in [0.2, 0.25) is 0 Å². The third-order valence-electron chi connectivity index (χ3n) is 5.39. The van der Waals surface area contributed by atoms with Crippen molar-refractivity contribution in [1.29, 1.82) is 0 Å². The Morgan fingerprint density at radius 2 is 1.68 bits per heavy atom. The van der Waals surface area contributed by atoms with Gasteiger partial charge in [0.2, 0.25) is 5.91 Å². The van der Waals surface area contributed by atoms with Crippen molar-refractivity contribution < 1.29 is 18.4 Å². The fourth-order valence-corrected chi connectivity index (χ4v) is 3.54. The van der Waals surface area contributed by atoms with Gasteiger partial charge in [-0.15, -0.1) is 0 Å². The number of benzene rings is 2. The van der Waals surface area contributed by atoms with E-state index in [4.69, 9.17) is 4.84 Å². The van der Waals surface area contributed by atoms with Crippen LogP contribution in [-0.4, -0.2) is 29.2 Å². The van der Waals surface area contributed by atoms with Crippen LogP contribution in [0.15, 0.2) is 53.7 Å². The average molecular weight is 384 g/mol. The summed E-state index contributed by atoms with van der Waals surface area (Å²) in [6.45, 7) is 0.836. The fraction of sp³-hybridized carbons (Fsp3) is 0.364. The predicted molar refractivity (Wildman–Crippen MR) is 102 cm³/mol. The number of hydrogen-bond acceptors (Lipinski definition) is 3. The van der Waals surface area contributed by atoms with Crippen LogP contribution in [0.1, 0.15) is 36.8 Å². The van der Waals surface area contributed by atoms with Gasteiger partial charge in [-0.25, -0.2) is 8.78 Å². The molecule has 1 amide bonds. The topological polar surface area (TPSA) is 41.9 Å². The van der Waals surface area contributed by atoms with Gasteiger partial charge in [0.1, 0.15) is 11.6 Å². The first-order valence-electron chi connectivity index (χ1n) is 9.60. The Labute approximate surface area is 162 Å². The minimum absolute atomic E-state index is 0.0688. The maximum Gasteiger partial charge on any atom is 0.226 e. The fourth-order valence-electron chi connectivity index (χ4n) is 3.54. The number of rotatable bonds is 6. The molecule has 0 unspecified atom stereocenters. The van der Waals surface area contributed by atoms with Crippen molar-refractivity contribution in [3.8, 4) is 0 Å². The summed E-state index contributed by atoms with van der Waals surface area (Å²) in [4.78, 5) is 20.2. The Morgan fingerprint density at radius 3 is 2.29 bits per heavy atom. The molecule has 2 aromatic rings. The Kier molecular flexibility index (Phi) is 5.37. The second kappa shape index (κ2) is 8.09. The Hall–Kier alpha value is -2.76. The molecule has 0 aromatic heterocycles. The van der Waals surface area contributed by atoms with Crippen LogP contribution in [-0.2, 0) is 16.2 Å². The lowest BCUT2D eigenvalue weighted by Gasteiger charge is -2.32. The first-order chi connectivity index (χ1) is 13.6. The van der Waals surface area contributed by atoms with Gasteiger partial charge < -0.3 is 9.74 Å². The Balaban J connectivity index is 1.43. The van der Waals surface area contributed by atoms with E-state index in [0.29, 0.717) is 19.5 Å². The molecular formula is C22H22F2N2O2. The number of halogens is 2. The highest BCUT2D eigenvalue weighted by molar-refractivity contribution is 6.01. The molecule has 4 rings (SSSR count). The number of oxime groups is 1. The van der Waals surface area contributed by atoms with Crippen molar-refractivity contribution in [3.05, 3.63) is 71.3 Å². The van der Waals surface area contributed by atoms with Gasteiger partial charge in [-0.2, -0.15) is 0 Å². The van der Waals surface area contributed by atoms with Gasteiger partial charge in [0.25, 0.3) is 0 Å². The van der Waals surface area contributed by atoms with Crippen molar-refractivity contribution in [3.63, 3.8) is 0 Å². The number of amides is 1. The first-order valence-corrected chi connectivity index (χ1v) is 9.60. The lowest BCUT2D eigenvalue weighted by Crippen LogP contribution is -2.42. The summed E-state index contributed by atoms with van der Waals surface area (Å²) < 4.78 is 26.3. The molecule has 2 aromatic carbocycles. The molecule has 2 aliphatic rings. The molecule has 1 aliphatic carbocycles. The van der Waals surface area contributed by atoms with Crippen LogP contribution in [0.4, 0.5) is 8.78 Å². The molecule has 0 bridgehead atoms. The summed E-state index contributed by atoms with van der Waals surface area (Å²) in [5.41, 5.74) is 2.45. The molecule has 0 saturated heterocycles. The summed E-state index contributed by atoms with van der Waals surface area (Å²) in [5.74, 6) is -0.401. The maximum atomic E-state index is 13.2. The highest BCUT2D eigenvalue weighted by Gasteiger charge is 2.32. The zero-order chi connectivity index (χ0) is 19.5. The van der Waals surface area contributed by atoms with Gasteiger partial charge in [0.05, 0.1) is 12.3 Å². The van der Waals surface area contributed by atoms with Crippen LogP contribution in [0.3, 0.4) is 0 Å². The smallest absolute Gasteiger partial charge is 0.226 e. The van der Waals surface area contributed by atoms with Crippen molar-refractivity contribution >= 4 is 11.6 Å². The second-order valence-corrected chi connectivity index (χ2v) is 7.45. The van der Waals surface area contributed by atoms with E-state index < -0.39 is 0 Å². The van der Waals surface area contributed by atoms with Crippen molar-refractivity contribution in [2.75, 3.05) is 6.54 Å². The number of nitrogens with zero attached hydrogens (tertiary/aromatic N) is 2. The largest absolute Gasteiger partial charge is 0.390 e.